The van der Waals surface area contributed by atoms with Gasteiger partial charge >= 0.3 is 0 Å². The minimum absolute atomic E-state index is 0.0287. The van der Waals surface area contributed by atoms with Gasteiger partial charge in [0, 0.05) is 7.05 Å². The molecule has 1 heterocycles. The van der Waals surface area contributed by atoms with Crippen LogP contribution in [0.3, 0.4) is 0 Å². The van der Waals surface area contributed by atoms with E-state index >= 15 is 0 Å². The van der Waals surface area contributed by atoms with Crippen molar-refractivity contribution in [3.8, 4) is 0 Å². The van der Waals surface area contributed by atoms with Gasteiger partial charge in [0.2, 0.25) is 5.91 Å². The lowest BCUT2D eigenvalue weighted by molar-refractivity contribution is -0.158. The largest absolute Gasteiger partial charge is 0.393 e. The van der Waals surface area contributed by atoms with Crippen LogP contribution < -0.4 is 5.32 Å². The van der Waals surface area contributed by atoms with Crippen molar-refractivity contribution in [3.63, 3.8) is 0 Å². The van der Waals surface area contributed by atoms with Crippen molar-refractivity contribution in [2.45, 2.75) is 76.4 Å². The Hall–Kier alpha value is -0.610. The van der Waals surface area contributed by atoms with Crippen LogP contribution >= 0.6 is 0 Å². The van der Waals surface area contributed by atoms with E-state index in [1.807, 2.05) is 0 Å². The van der Waals surface area contributed by atoms with Crippen LogP contribution in [0.4, 0.5) is 0 Å². The van der Waals surface area contributed by atoms with Crippen molar-refractivity contribution in [2.24, 2.45) is 5.41 Å². The molecule has 0 spiro atoms. The van der Waals surface area contributed by atoms with E-state index in [-0.39, 0.29) is 12.5 Å². The molecule has 2 fully saturated rings. The molecule has 20 heavy (non-hydrogen) atoms. The van der Waals surface area contributed by atoms with Gasteiger partial charge in [-0.2, -0.15) is 0 Å². The minimum atomic E-state index is -0.491. The molecule has 4 heteroatoms. The van der Waals surface area contributed by atoms with E-state index in [1.54, 1.807) is 7.05 Å². The first-order valence-electron chi connectivity index (χ1n) is 8.07. The lowest BCUT2D eigenvalue weighted by Crippen LogP contribution is -2.54. The summed E-state index contributed by atoms with van der Waals surface area (Å²) in [6.45, 7) is 4.32. The van der Waals surface area contributed by atoms with Crippen molar-refractivity contribution >= 4 is 5.91 Å². The third kappa shape index (κ3) is 2.08. The highest BCUT2D eigenvalue weighted by Crippen LogP contribution is 2.62. The molecule has 2 N–H and O–H groups in total. The highest BCUT2D eigenvalue weighted by atomic mass is 16.5. The third-order valence-corrected chi connectivity index (χ3v) is 5.40. The molecule has 2 rings (SSSR count). The molecule has 0 radical (unpaired) electrons. The summed E-state index contributed by atoms with van der Waals surface area (Å²) in [6.07, 6.45) is 7.19. The summed E-state index contributed by atoms with van der Waals surface area (Å²) >= 11 is 0. The van der Waals surface area contributed by atoms with E-state index in [1.165, 1.54) is 0 Å². The van der Waals surface area contributed by atoms with Gasteiger partial charge < -0.3 is 15.2 Å². The van der Waals surface area contributed by atoms with Gasteiger partial charge in [0.05, 0.1) is 23.2 Å². The molecule has 116 valence electrons. The Morgan fingerprint density at radius 2 is 1.90 bits per heavy atom. The van der Waals surface area contributed by atoms with E-state index in [0.717, 1.165) is 44.9 Å². The monoisotopic (exact) mass is 283 g/mol. The molecule has 1 saturated carbocycles. The van der Waals surface area contributed by atoms with Crippen LogP contribution in [-0.2, 0) is 9.53 Å². The second-order valence-electron chi connectivity index (χ2n) is 6.63. The molecule has 1 saturated heterocycles. The highest BCUT2D eigenvalue weighted by Gasteiger charge is 2.68. The Bertz CT molecular complexity index is 365. The number of hydrogen-bond acceptors (Lipinski definition) is 3. The van der Waals surface area contributed by atoms with Crippen LogP contribution in [0.15, 0.2) is 0 Å². The number of aliphatic hydroxyl groups is 1. The van der Waals surface area contributed by atoms with Crippen LogP contribution in [0, 0.1) is 5.41 Å². The first-order chi connectivity index (χ1) is 9.53. The number of rotatable bonds is 6. The maximum absolute atomic E-state index is 12.7. The first-order valence-corrected chi connectivity index (χ1v) is 8.07. The summed E-state index contributed by atoms with van der Waals surface area (Å²) in [5.41, 5.74) is -1.33. The van der Waals surface area contributed by atoms with E-state index < -0.39 is 16.6 Å². The fraction of sp³-hybridized carbons (Fsp3) is 0.938. The summed E-state index contributed by atoms with van der Waals surface area (Å²) in [7, 11) is 1.72. The van der Waals surface area contributed by atoms with Crippen molar-refractivity contribution in [2.75, 3.05) is 13.7 Å². The summed E-state index contributed by atoms with van der Waals surface area (Å²) in [4.78, 5) is 12.7. The molecule has 2 bridgehead atoms. The Kier molecular flexibility index (Phi) is 4.45. The number of carbonyl (C=O) groups excluding carboxylic acids is 1. The third-order valence-electron chi connectivity index (χ3n) is 5.40. The maximum Gasteiger partial charge on any atom is 0.228 e. The molecule has 2 atom stereocenters. The zero-order valence-electron chi connectivity index (χ0n) is 13.1. The topological polar surface area (TPSA) is 58.6 Å². The van der Waals surface area contributed by atoms with E-state index in [2.05, 4.69) is 19.2 Å². The van der Waals surface area contributed by atoms with Gasteiger partial charge in [0.25, 0.3) is 0 Å². The molecule has 1 aliphatic heterocycles. The average Bonchev–Trinajstić information content (AvgIpc) is 2.65. The Morgan fingerprint density at radius 3 is 2.40 bits per heavy atom. The van der Waals surface area contributed by atoms with Crippen LogP contribution in [-0.4, -0.2) is 35.9 Å². The fourth-order valence-corrected chi connectivity index (χ4v) is 4.75. The molecule has 1 amide bonds. The zero-order valence-corrected chi connectivity index (χ0v) is 13.1. The Labute approximate surface area is 122 Å². The predicted octanol–water partition coefficient (Wildman–Crippen LogP) is 2.39. The number of aliphatic hydroxyl groups excluding tert-OH is 1. The van der Waals surface area contributed by atoms with Gasteiger partial charge in [0.1, 0.15) is 0 Å². The molecule has 2 unspecified atom stereocenters. The second kappa shape index (κ2) is 5.64. The van der Waals surface area contributed by atoms with E-state index in [9.17, 15) is 9.90 Å². The number of carbonyl (C=O) groups is 1. The number of amides is 1. The highest BCUT2D eigenvalue weighted by molar-refractivity contribution is 5.84. The van der Waals surface area contributed by atoms with Gasteiger partial charge in [0.15, 0.2) is 0 Å². The molecule has 0 aromatic rings. The van der Waals surface area contributed by atoms with Crippen LogP contribution in [0.2, 0.25) is 0 Å². The first kappa shape index (κ1) is 15.8. The summed E-state index contributed by atoms with van der Waals surface area (Å²) in [5, 5.41) is 12.7. The summed E-state index contributed by atoms with van der Waals surface area (Å²) in [5.74, 6) is 0.106. The van der Waals surface area contributed by atoms with Crippen LogP contribution in [0.1, 0.15) is 65.2 Å². The standard InChI is InChI=1S/C16H29NO3/c1-4-7-16(8-5-2)15(13(19)17-3)10-6-9-14(11-15,12-18)20-16/h18H,4-12H2,1-3H3,(H,17,19). The zero-order chi connectivity index (χ0) is 14.9. The van der Waals surface area contributed by atoms with Crippen molar-refractivity contribution in [1.29, 1.82) is 0 Å². The normalized spacial score (nSPS) is 35.0. The van der Waals surface area contributed by atoms with E-state index in [0.29, 0.717) is 6.42 Å². The molecule has 0 aromatic carbocycles. The quantitative estimate of drug-likeness (QED) is 0.787. The fourth-order valence-electron chi connectivity index (χ4n) is 4.75. The second-order valence-corrected chi connectivity index (χ2v) is 6.63. The van der Waals surface area contributed by atoms with Gasteiger partial charge in [-0.15, -0.1) is 0 Å². The average molecular weight is 283 g/mol. The maximum atomic E-state index is 12.7. The van der Waals surface area contributed by atoms with E-state index in [4.69, 9.17) is 4.74 Å². The van der Waals surface area contributed by atoms with Gasteiger partial charge in [-0.1, -0.05) is 26.7 Å². The van der Waals surface area contributed by atoms with Gasteiger partial charge in [-0.05, 0) is 38.5 Å². The van der Waals surface area contributed by atoms with Crippen molar-refractivity contribution < 1.29 is 14.6 Å². The molecule has 1 aliphatic carbocycles. The lowest BCUT2D eigenvalue weighted by Gasteiger charge is -2.43. The number of ether oxygens (including phenoxy) is 1. The summed E-state index contributed by atoms with van der Waals surface area (Å²) < 4.78 is 6.51. The minimum Gasteiger partial charge on any atom is -0.393 e. The van der Waals surface area contributed by atoms with Crippen molar-refractivity contribution in [3.05, 3.63) is 0 Å². The van der Waals surface area contributed by atoms with Crippen LogP contribution in [0.25, 0.3) is 0 Å². The SMILES string of the molecule is CCCC1(CCC)OC2(CO)CCCC1(C(=O)NC)C2. The van der Waals surface area contributed by atoms with Crippen molar-refractivity contribution in [1.82, 2.24) is 5.32 Å². The molecular weight excluding hydrogens is 254 g/mol. The van der Waals surface area contributed by atoms with Gasteiger partial charge in [-0.25, -0.2) is 0 Å². The molecule has 2 aliphatic rings. The lowest BCUT2D eigenvalue weighted by atomic mass is 9.60. The number of hydrogen-bond donors (Lipinski definition) is 2. The molecular formula is C16H29NO3. The smallest absolute Gasteiger partial charge is 0.228 e. The number of nitrogens with one attached hydrogen (secondary N) is 1. The molecule has 0 aromatic heterocycles. The Morgan fingerprint density at radius 1 is 1.25 bits per heavy atom. The molecule has 4 nitrogen and oxygen atoms in total. The van der Waals surface area contributed by atoms with Gasteiger partial charge in [-0.3, -0.25) is 4.79 Å². The van der Waals surface area contributed by atoms with Crippen LogP contribution in [0.5, 0.6) is 0 Å². The summed E-state index contributed by atoms with van der Waals surface area (Å²) in [6, 6.07) is 0. The Balaban J connectivity index is 2.48. The number of fused-ring (bicyclic) bond motifs is 2. The predicted molar refractivity (Wildman–Crippen MR) is 78.4 cm³/mol.